The lowest BCUT2D eigenvalue weighted by molar-refractivity contribution is 0.0944. The van der Waals surface area contributed by atoms with Crippen LogP contribution >= 0.6 is 11.8 Å². The van der Waals surface area contributed by atoms with Crippen molar-refractivity contribution in [3.8, 4) is 11.8 Å². The molecule has 3 rings (SSSR count). The fourth-order valence-corrected chi connectivity index (χ4v) is 3.77. The van der Waals surface area contributed by atoms with Gasteiger partial charge in [-0.1, -0.05) is 42.1 Å². The van der Waals surface area contributed by atoms with E-state index < -0.39 is 0 Å². The first-order chi connectivity index (χ1) is 14.1. The minimum absolute atomic E-state index is 0.161. The van der Waals surface area contributed by atoms with Gasteiger partial charge in [-0.15, -0.1) is 0 Å². The molecule has 3 aromatic rings. The molecule has 0 radical (unpaired) electrons. The maximum atomic E-state index is 12.7. The van der Waals surface area contributed by atoms with Crippen molar-refractivity contribution >= 4 is 17.7 Å². The molecule has 0 aliphatic carbocycles. The van der Waals surface area contributed by atoms with Gasteiger partial charge in [0.05, 0.1) is 17.7 Å². The SMILES string of the molecule is Cc1ccc(OCCNC(=O)c2ccccc2Sc2ccccc2C#N)cc1C. The van der Waals surface area contributed by atoms with Gasteiger partial charge in [-0.3, -0.25) is 4.79 Å². The van der Waals surface area contributed by atoms with Crippen molar-refractivity contribution in [3.63, 3.8) is 0 Å². The number of amides is 1. The highest BCUT2D eigenvalue weighted by molar-refractivity contribution is 7.99. The summed E-state index contributed by atoms with van der Waals surface area (Å²) in [5, 5.41) is 12.2. The van der Waals surface area contributed by atoms with Crippen LogP contribution in [0.3, 0.4) is 0 Å². The zero-order chi connectivity index (χ0) is 20.6. The molecule has 29 heavy (non-hydrogen) atoms. The number of carbonyl (C=O) groups is 1. The number of ether oxygens (including phenoxy) is 1. The van der Waals surface area contributed by atoms with Gasteiger partial charge in [0.25, 0.3) is 5.91 Å². The van der Waals surface area contributed by atoms with E-state index in [1.165, 1.54) is 22.9 Å². The van der Waals surface area contributed by atoms with Gasteiger partial charge < -0.3 is 10.1 Å². The summed E-state index contributed by atoms with van der Waals surface area (Å²) in [6.07, 6.45) is 0. The Hall–Kier alpha value is -3.23. The molecule has 0 aromatic heterocycles. The fourth-order valence-electron chi connectivity index (χ4n) is 2.74. The van der Waals surface area contributed by atoms with Crippen molar-refractivity contribution in [1.82, 2.24) is 5.32 Å². The van der Waals surface area contributed by atoms with Crippen LogP contribution in [0.2, 0.25) is 0 Å². The minimum atomic E-state index is -0.161. The maximum Gasteiger partial charge on any atom is 0.252 e. The predicted molar refractivity (Wildman–Crippen MR) is 115 cm³/mol. The predicted octanol–water partition coefficient (Wildman–Crippen LogP) is 5.14. The fraction of sp³-hybridized carbons (Fsp3) is 0.167. The Morgan fingerprint density at radius 3 is 2.48 bits per heavy atom. The topological polar surface area (TPSA) is 62.1 Å². The second-order valence-electron chi connectivity index (χ2n) is 6.56. The van der Waals surface area contributed by atoms with Gasteiger partial charge in [0.15, 0.2) is 0 Å². The number of nitriles is 1. The number of nitrogens with one attached hydrogen (secondary N) is 1. The molecule has 0 spiro atoms. The summed E-state index contributed by atoms with van der Waals surface area (Å²) in [6, 6.07) is 22.9. The molecule has 1 amide bonds. The summed E-state index contributed by atoms with van der Waals surface area (Å²) in [6.45, 7) is 4.90. The van der Waals surface area contributed by atoms with Crippen LogP contribution in [0.15, 0.2) is 76.5 Å². The Labute approximate surface area is 175 Å². The Kier molecular flexibility index (Phi) is 6.94. The monoisotopic (exact) mass is 402 g/mol. The lowest BCUT2D eigenvalue weighted by atomic mass is 10.1. The summed E-state index contributed by atoms with van der Waals surface area (Å²) in [5.74, 6) is 0.637. The van der Waals surface area contributed by atoms with Gasteiger partial charge in [0, 0.05) is 9.79 Å². The van der Waals surface area contributed by atoms with Gasteiger partial charge in [0.1, 0.15) is 18.4 Å². The largest absolute Gasteiger partial charge is 0.492 e. The normalized spacial score (nSPS) is 10.2. The number of hydrogen-bond acceptors (Lipinski definition) is 4. The molecule has 3 aromatic carbocycles. The van der Waals surface area contributed by atoms with Crippen molar-refractivity contribution in [2.45, 2.75) is 23.6 Å². The smallest absolute Gasteiger partial charge is 0.252 e. The molecule has 0 fully saturated rings. The van der Waals surface area contributed by atoms with Gasteiger partial charge in [-0.2, -0.15) is 5.26 Å². The van der Waals surface area contributed by atoms with Crippen LogP contribution in [-0.4, -0.2) is 19.1 Å². The molecule has 0 saturated carbocycles. The van der Waals surface area contributed by atoms with Crippen LogP contribution in [0, 0.1) is 25.2 Å². The molecule has 4 nitrogen and oxygen atoms in total. The van der Waals surface area contributed by atoms with Crippen molar-refractivity contribution in [2.75, 3.05) is 13.2 Å². The highest BCUT2D eigenvalue weighted by Crippen LogP contribution is 2.32. The first-order valence-corrected chi connectivity index (χ1v) is 10.1. The summed E-state index contributed by atoms with van der Waals surface area (Å²) >= 11 is 1.42. The molecule has 0 atom stereocenters. The highest BCUT2D eigenvalue weighted by atomic mass is 32.2. The standard InChI is InChI=1S/C24H22N2O2S/c1-17-11-12-20(15-18(17)2)28-14-13-26-24(27)21-8-4-6-10-23(21)29-22-9-5-3-7-19(22)16-25/h3-12,15H,13-14H2,1-2H3,(H,26,27). The van der Waals surface area contributed by atoms with Gasteiger partial charge in [-0.05, 0) is 61.4 Å². The maximum absolute atomic E-state index is 12.7. The summed E-state index contributed by atoms with van der Waals surface area (Å²) in [7, 11) is 0. The minimum Gasteiger partial charge on any atom is -0.492 e. The lowest BCUT2D eigenvalue weighted by Crippen LogP contribution is -2.28. The molecule has 0 aliphatic heterocycles. The van der Waals surface area contributed by atoms with Crippen LogP contribution in [0.25, 0.3) is 0 Å². The molecule has 1 N–H and O–H groups in total. The first kappa shape index (κ1) is 20.5. The van der Waals surface area contributed by atoms with E-state index in [1.54, 1.807) is 12.1 Å². The van der Waals surface area contributed by atoms with Gasteiger partial charge in [-0.25, -0.2) is 0 Å². The summed E-state index contributed by atoms with van der Waals surface area (Å²) < 4.78 is 5.73. The molecule has 0 heterocycles. The number of nitrogens with zero attached hydrogens (tertiary/aromatic N) is 1. The van der Waals surface area contributed by atoms with Crippen molar-refractivity contribution < 1.29 is 9.53 Å². The average Bonchev–Trinajstić information content (AvgIpc) is 2.74. The number of carbonyl (C=O) groups excluding carboxylic acids is 1. The Balaban J connectivity index is 1.61. The first-order valence-electron chi connectivity index (χ1n) is 9.33. The highest BCUT2D eigenvalue weighted by Gasteiger charge is 2.13. The van der Waals surface area contributed by atoms with Crippen molar-refractivity contribution in [3.05, 3.63) is 89.0 Å². The molecule has 146 valence electrons. The van der Waals surface area contributed by atoms with E-state index >= 15 is 0 Å². The van der Waals surface area contributed by atoms with E-state index in [-0.39, 0.29) is 5.91 Å². The Morgan fingerprint density at radius 1 is 1.00 bits per heavy atom. The summed E-state index contributed by atoms with van der Waals surface area (Å²) in [5.41, 5.74) is 3.57. The molecule has 0 bridgehead atoms. The molecule has 5 heteroatoms. The van der Waals surface area contributed by atoms with Crippen LogP contribution in [0.5, 0.6) is 5.75 Å². The van der Waals surface area contributed by atoms with Gasteiger partial charge in [0.2, 0.25) is 0 Å². The van der Waals surface area contributed by atoms with E-state index in [0.717, 1.165) is 15.5 Å². The van der Waals surface area contributed by atoms with Crippen LogP contribution in [0.4, 0.5) is 0 Å². The molecular weight excluding hydrogens is 380 g/mol. The quantitative estimate of drug-likeness (QED) is 0.556. The Morgan fingerprint density at radius 2 is 1.72 bits per heavy atom. The van der Waals surface area contributed by atoms with E-state index in [4.69, 9.17) is 4.74 Å². The molecule has 0 aliphatic rings. The third-order valence-electron chi connectivity index (χ3n) is 4.49. The van der Waals surface area contributed by atoms with E-state index in [2.05, 4.69) is 18.3 Å². The average molecular weight is 403 g/mol. The number of hydrogen-bond donors (Lipinski definition) is 1. The number of aryl methyl sites for hydroxylation is 2. The molecular formula is C24H22N2O2S. The second-order valence-corrected chi connectivity index (χ2v) is 7.64. The van der Waals surface area contributed by atoms with Crippen LogP contribution in [-0.2, 0) is 0 Å². The van der Waals surface area contributed by atoms with E-state index in [0.29, 0.717) is 24.3 Å². The van der Waals surface area contributed by atoms with Crippen LogP contribution < -0.4 is 10.1 Å². The van der Waals surface area contributed by atoms with E-state index in [1.807, 2.05) is 61.5 Å². The molecule has 0 saturated heterocycles. The Bertz CT molecular complexity index is 1060. The van der Waals surface area contributed by atoms with Crippen LogP contribution in [0.1, 0.15) is 27.0 Å². The van der Waals surface area contributed by atoms with Gasteiger partial charge >= 0.3 is 0 Å². The van der Waals surface area contributed by atoms with E-state index in [9.17, 15) is 10.1 Å². The number of rotatable bonds is 7. The third kappa shape index (κ3) is 5.40. The third-order valence-corrected chi connectivity index (χ3v) is 5.65. The summed E-state index contributed by atoms with van der Waals surface area (Å²) in [4.78, 5) is 14.3. The zero-order valence-corrected chi connectivity index (χ0v) is 17.3. The van der Waals surface area contributed by atoms with Crippen molar-refractivity contribution in [2.24, 2.45) is 0 Å². The molecule has 0 unspecified atom stereocenters. The number of benzene rings is 3. The van der Waals surface area contributed by atoms with Crippen molar-refractivity contribution in [1.29, 1.82) is 5.26 Å². The zero-order valence-electron chi connectivity index (χ0n) is 16.4. The lowest BCUT2D eigenvalue weighted by Gasteiger charge is -2.12. The second kappa shape index (κ2) is 9.81.